The van der Waals surface area contributed by atoms with Gasteiger partial charge in [0.2, 0.25) is 0 Å². The van der Waals surface area contributed by atoms with Gasteiger partial charge in [0, 0.05) is 49.1 Å². The molecule has 0 fully saturated rings. The fourth-order valence-corrected chi connectivity index (χ4v) is 3.53. The Labute approximate surface area is 181 Å². The van der Waals surface area contributed by atoms with Crippen LogP contribution in [-0.2, 0) is 19.5 Å². The van der Waals surface area contributed by atoms with Gasteiger partial charge in [0.05, 0.1) is 12.9 Å². The van der Waals surface area contributed by atoms with Gasteiger partial charge in [-0.25, -0.2) is 14.4 Å². The van der Waals surface area contributed by atoms with E-state index in [9.17, 15) is 4.39 Å². The molecule has 0 unspecified atom stereocenters. The van der Waals surface area contributed by atoms with Crippen LogP contribution < -0.4 is 10.6 Å². The summed E-state index contributed by atoms with van der Waals surface area (Å²) in [6, 6.07) is 13.3. The Balaban J connectivity index is 1.33. The van der Waals surface area contributed by atoms with E-state index in [2.05, 4.69) is 44.9 Å². The van der Waals surface area contributed by atoms with Crippen LogP contribution in [0.2, 0.25) is 0 Å². The molecule has 7 heteroatoms. The molecular formula is C24H27FN6. The van der Waals surface area contributed by atoms with Gasteiger partial charge in [-0.2, -0.15) is 0 Å². The van der Waals surface area contributed by atoms with Crippen LogP contribution in [0.15, 0.2) is 72.4 Å². The fourth-order valence-electron chi connectivity index (χ4n) is 3.53. The second-order valence-electron chi connectivity index (χ2n) is 7.43. The van der Waals surface area contributed by atoms with Gasteiger partial charge in [-0.05, 0) is 48.2 Å². The highest BCUT2D eigenvalue weighted by Crippen LogP contribution is 2.19. The zero-order chi connectivity index (χ0) is 21.5. The lowest BCUT2D eigenvalue weighted by atomic mass is 10.1. The van der Waals surface area contributed by atoms with Gasteiger partial charge in [-0.1, -0.05) is 24.3 Å². The molecule has 6 nitrogen and oxygen atoms in total. The lowest BCUT2D eigenvalue weighted by Crippen LogP contribution is -2.38. The third kappa shape index (κ3) is 5.51. The number of H-pyrrole nitrogens is 1. The third-order valence-electron chi connectivity index (χ3n) is 5.13. The number of imidazole rings is 1. The Morgan fingerprint density at radius 1 is 1.13 bits per heavy atom. The molecule has 0 aliphatic heterocycles. The molecule has 4 rings (SSSR count). The van der Waals surface area contributed by atoms with Crippen LogP contribution in [0.3, 0.4) is 0 Å². The second kappa shape index (κ2) is 9.93. The number of hydrogen-bond acceptors (Lipinski definition) is 2. The van der Waals surface area contributed by atoms with Crippen molar-refractivity contribution in [1.82, 2.24) is 25.2 Å². The van der Waals surface area contributed by atoms with Crippen molar-refractivity contribution in [3.8, 4) is 0 Å². The molecule has 160 valence electrons. The summed E-state index contributed by atoms with van der Waals surface area (Å²) in [5.41, 5.74) is 4.42. The highest BCUT2D eigenvalue weighted by Gasteiger charge is 2.05. The van der Waals surface area contributed by atoms with Crippen LogP contribution in [0.4, 0.5) is 4.39 Å². The Morgan fingerprint density at radius 3 is 2.74 bits per heavy atom. The van der Waals surface area contributed by atoms with Crippen molar-refractivity contribution < 1.29 is 4.39 Å². The van der Waals surface area contributed by atoms with E-state index >= 15 is 0 Å². The van der Waals surface area contributed by atoms with E-state index in [1.54, 1.807) is 18.3 Å². The second-order valence-corrected chi connectivity index (χ2v) is 7.43. The molecule has 3 N–H and O–H groups in total. The highest BCUT2D eigenvalue weighted by atomic mass is 19.1. The fraction of sp³-hybridized carbons (Fsp3) is 0.250. The van der Waals surface area contributed by atoms with Gasteiger partial charge in [0.25, 0.3) is 0 Å². The summed E-state index contributed by atoms with van der Waals surface area (Å²) in [6.07, 6.45) is 8.28. The predicted molar refractivity (Wildman–Crippen MR) is 123 cm³/mol. The number of rotatable bonds is 8. The molecule has 0 atom stereocenters. The van der Waals surface area contributed by atoms with E-state index in [-0.39, 0.29) is 5.82 Å². The van der Waals surface area contributed by atoms with Crippen molar-refractivity contribution >= 4 is 16.9 Å². The molecule has 2 heterocycles. The van der Waals surface area contributed by atoms with E-state index in [1.807, 2.05) is 30.2 Å². The normalized spacial score (nSPS) is 11.7. The quantitative estimate of drug-likeness (QED) is 0.301. The van der Waals surface area contributed by atoms with Crippen molar-refractivity contribution in [1.29, 1.82) is 0 Å². The summed E-state index contributed by atoms with van der Waals surface area (Å²) >= 11 is 0. The van der Waals surface area contributed by atoms with Crippen LogP contribution in [-0.4, -0.2) is 33.6 Å². The summed E-state index contributed by atoms with van der Waals surface area (Å²) in [7, 11) is 0. The first-order chi connectivity index (χ1) is 15.2. The summed E-state index contributed by atoms with van der Waals surface area (Å²) in [5, 5.41) is 7.58. The molecule has 2 aromatic carbocycles. The molecule has 0 spiro atoms. The number of nitrogens with one attached hydrogen (secondary N) is 3. The van der Waals surface area contributed by atoms with Crippen molar-refractivity contribution in [2.45, 2.75) is 26.4 Å². The zero-order valence-corrected chi connectivity index (χ0v) is 17.6. The number of aromatic nitrogens is 3. The molecule has 31 heavy (non-hydrogen) atoms. The molecule has 0 aliphatic rings. The van der Waals surface area contributed by atoms with E-state index < -0.39 is 0 Å². The number of fused-ring (bicyclic) bond motifs is 1. The Kier molecular flexibility index (Phi) is 6.62. The average Bonchev–Trinajstić information content (AvgIpc) is 3.43. The summed E-state index contributed by atoms with van der Waals surface area (Å²) < 4.78 is 15.6. The van der Waals surface area contributed by atoms with Crippen molar-refractivity contribution in [2.24, 2.45) is 4.99 Å². The standard InChI is InChI=1S/C24H27FN6/c1-2-27-24(28-10-9-20-15-29-23-8-7-21(25)13-22(20)23)30-14-18-3-5-19(6-4-18)16-31-12-11-26-17-31/h3-8,11-13,15,17,29H,2,9-10,14,16H2,1H3,(H2,27,28,30). The van der Waals surface area contributed by atoms with Gasteiger partial charge in [0.15, 0.2) is 5.96 Å². The maximum absolute atomic E-state index is 13.6. The minimum absolute atomic E-state index is 0.216. The number of halogens is 1. The van der Waals surface area contributed by atoms with Crippen molar-refractivity contribution in [2.75, 3.05) is 13.1 Å². The van der Waals surface area contributed by atoms with Gasteiger partial charge < -0.3 is 20.2 Å². The molecule has 0 radical (unpaired) electrons. The first-order valence-corrected chi connectivity index (χ1v) is 10.5. The number of hydrogen-bond donors (Lipinski definition) is 3. The van der Waals surface area contributed by atoms with Crippen LogP contribution in [0.1, 0.15) is 23.6 Å². The number of benzene rings is 2. The predicted octanol–water partition coefficient (Wildman–Crippen LogP) is 3.85. The van der Waals surface area contributed by atoms with Gasteiger partial charge in [-0.15, -0.1) is 0 Å². The van der Waals surface area contributed by atoms with E-state index in [0.29, 0.717) is 13.1 Å². The van der Waals surface area contributed by atoms with Crippen LogP contribution in [0.25, 0.3) is 10.9 Å². The van der Waals surface area contributed by atoms with Gasteiger partial charge in [0.1, 0.15) is 5.82 Å². The number of aromatic amines is 1. The van der Waals surface area contributed by atoms with E-state index in [0.717, 1.165) is 47.5 Å². The zero-order valence-electron chi connectivity index (χ0n) is 17.6. The molecular weight excluding hydrogens is 391 g/mol. The molecule has 4 aromatic rings. The lowest BCUT2D eigenvalue weighted by Gasteiger charge is -2.11. The Hall–Kier alpha value is -3.61. The summed E-state index contributed by atoms with van der Waals surface area (Å²) in [6.45, 7) is 4.95. The largest absolute Gasteiger partial charge is 0.361 e. The summed E-state index contributed by atoms with van der Waals surface area (Å²) in [5.74, 6) is 0.559. The van der Waals surface area contributed by atoms with Crippen LogP contribution >= 0.6 is 0 Å². The van der Waals surface area contributed by atoms with Crippen LogP contribution in [0, 0.1) is 5.82 Å². The molecule has 0 saturated heterocycles. The lowest BCUT2D eigenvalue weighted by molar-refractivity contribution is 0.629. The molecule has 0 bridgehead atoms. The maximum Gasteiger partial charge on any atom is 0.191 e. The van der Waals surface area contributed by atoms with E-state index in [1.165, 1.54) is 11.6 Å². The maximum atomic E-state index is 13.6. The van der Waals surface area contributed by atoms with Crippen molar-refractivity contribution in [3.05, 3.63) is 89.9 Å². The first kappa shape index (κ1) is 20.7. The van der Waals surface area contributed by atoms with E-state index in [4.69, 9.17) is 4.99 Å². The third-order valence-corrected chi connectivity index (χ3v) is 5.13. The number of nitrogens with zero attached hydrogens (tertiary/aromatic N) is 3. The summed E-state index contributed by atoms with van der Waals surface area (Å²) in [4.78, 5) is 12.0. The molecule has 2 aromatic heterocycles. The van der Waals surface area contributed by atoms with Gasteiger partial charge >= 0.3 is 0 Å². The first-order valence-electron chi connectivity index (χ1n) is 10.5. The molecule has 0 aliphatic carbocycles. The minimum atomic E-state index is -0.216. The Morgan fingerprint density at radius 2 is 1.97 bits per heavy atom. The topological polar surface area (TPSA) is 70.0 Å². The monoisotopic (exact) mass is 418 g/mol. The average molecular weight is 419 g/mol. The molecule has 0 amide bonds. The smallest absolute Gasteiger partial charge is 0.191 e. The van der Waals surface area contributed by atoms with Crippen molar-refractivity contribution in [3.63, 3.8) is 0 Å². The highest BCUT2D eigenvalue weighted by molar-refractivity contribution is 5.83. The minimum Gasteiger partial charge on any atom is -0.361 e. The number of aliphatic imine (C=N–C) groups is 1. The van der Waals surface area contributed by atoms with Gasteiger partial charge in [-0.3, -0.25) is 0 Å². The Bertz CT molecular complexity index is 1130. The molecule has 0 saturated carbocycles. The van der Waals surface area contributed by atoms with Crippen LogP contribution in [0.5, 0.6) is 0 Å². The number of guanidine groups is 1. The SMILES string of the molecule is CCNC(=NCc1ccc(Cn2ccnc2)cc1)NCCc1c[nH]c2ccc(F)cc12.